The Labute approximate surface area is 220 Å². The van der Waals surface area contributed by atoms with Crippen LogP contribution in [-0.2, 0) is 4.74 Å². The van der Waals surface area contributed by atoms with Crippen molar-refractivity contribution >= 4 is 34.7 Å². The summed E-state index contributed by atoms with van der Waals surface area (Å²) in [4.78, 5) is 21.5. The number of carbonyl (C=O) groups is 1. The largest absolute Gasteiger partial charge is 0.377 e. The number of amides is 1. The number of nitrogens with zero attached hydrogens (tertiary/aromatic N) is 4. The van der Waals surface area contributed by atoms with Crippen LogP contribution in [0, 0.1) is 0 Å². The maximum absolute atomic E-state index is 13.2. The minimum atomic E-state index is -0.238. The zero-order valence-corrected chi connectivity index (χ0v) is 21.4. The van der Waals surface area contributed by atoms with Crippen LogP contribution in [0.25, 0.3) is 16.8 Å². The Balaban J connectivity index is 1.20. The number of piperazine rings is 1. The van der Waals surface area contributed by atoms with E-state index < -0.39 is 0 Å². The van der Waals surface area contributed by atoms with Crippen LogP contribution in [-0.4, -0.2) is 65.1 Å². The average molecular weight is 515 g/mol. The van der Waals surface area contributed by atoms with Crippen molar-refractivity contribution in [3.05, 3.63) is 72.7 Å². The lowest BCUT2D eigenvalue weighted by Crippen LogP contribution is -2.43. The van der Waals surface area contributed by atoms with Gasteiger partial charge in [0.25, 0.3) is 5.91 Å². The number of thioether (sulfide) groups is 1. The van der Waals surface area contributed by atoms with E-state index in [1.165, 1.54) is 4.90 Å². The van der Waals surface area contributed by atoms with Crippen LogP contribution in [0.3, 0.4) is 0 Å². The highest BCUT2D eigenvalue weighted by Gasteiger charge is 2.18. The molecule has 6 rings (SSSR count). The zero-order chi connectivity index (χ0) is 25.0. The molecule has 2 fully saturated rings. The lowest BCUT2D eigenvalue weighted by Gasteiger charge is -2.31. The van der Waals surface area contributed by atoms with Crippen molar-refractivity contribution in [3.63, 3.8) is 0 Å². The lowest BCUT2D eigenvalue weighted by molar-refractivity contribution is 0.102. The maximum Gasteiger partial charge on any atom is 0.274 e. The molecule has 1 amide bonds. The van der Waals surface area contributed by atoms with Gasteiger partial charge in [0.1, 0.15) is 5.69 Å². The fourth-order valence-electron chi connectivity index (χ4n) is 4.84. The van der Waals surface area contributed by atoms with E-state index in [1.807, 2.05) is 30.0 Å². The minimum absolute atomic E-state index is 0.238. The first-order valence-electron chi connectivity index (χ1n) is 12.8. The summed E-state index contributed by atoms with van der Waals surface area (Å²) in [5.41, 5.74) is 4.75. The molecular formula is C28H30N6O2S. The topological polar surface area (TPSA) is 83.8 Å². The first-order chi connectivity index (χ1) is 18.2. The first kappa shape index (κ1) is 24.0. The summed E-state index contributed by atoms with van der Waals surface area (Å²) in [7, 11) is 0. The van der Waals surface area contributed by atoms with Gasteiger partial charge in [-0.1, -0.05) is 24.3 Å². The molecule has 1 atom stereocenters. The van der Waals surface area contributed by atoms with Gasteiger partial charge >= 0.3 is 0 Å². The maximum atomic E-state index is 13.2. The van der Waals surface area contributed by atoms with Crippen molar-refractivity contribution in [2.75, 3.05) is 48.8 Å². The molecule has 1 unspecified atom stereocenters. The van der Waals surface area contributed by atoms with E-state index in [-0.39, 0.29) is 5.91 Å². The van der Waals surface area contributed by atoms with Crippen LogP contribution < -0.4 is 15.5 Å². The van der Waals surface area contributed by atoms with Gasteiger partial charge in [0.15, 0.2) is 5.65 Å². The molecule has 2 aromatic heterocycles. The highest BCUT2D eigenvalue weighted by molar-refractivity contribution is 7.99. The number of fused-ring (bicyclic) bond motifs is 1. The Hall–Kier alpha value is -3.40. The standard InChI is InChI=1S/C28H30N6O2S/c35-28(32-24-5-1-2-6-26(24)33-15-12-29-13-16-33)25-11-14-34-27(31-25)23(18-30-34)20-7-9-22(10-8-20)37-19-21-4-3-17-36-21/h1-2,5-11,14,18,21,29H,3-4,12-13,15-17,19H2,(H,32,35). The summed E-state index contributed by atoms with van der Waals surface area (Å²) in [6.07, 6.45) is 6.26. The number of ether oxygens (including phenoxy) is 1. The molecule has 4 heterocycles. The molecule has 2 N–H and O–H groups in total. The minimum Gasteiger partial charge on any atom is -0.377 e. The second-order valence-electron chi connectivity index (χ2n) is 9.32. The Kier molecular flexibility index (Phi) is 7.07. The summed E-state index contributed by atoms with van der Waals surface area (Å²) in [6.45, 7) is 4.55. The molecule has 9 heteroatoms. The number of carbonyl (C=O) groups excluding carboxylic acids is 1. The van der Waals surface area contributed by atoms with E-state index in [9.17, 15) is 4.79 Å². The summed E-state index contributed by atoms with van der Waals surface area (Å²) >= 11 is 1.82. The Morgan fingerprint density at radius 3 is 2.76 bits per heavy atom. The van der Waals surface area contributed by atoms with Gasteiger partial charge in [0.2, 0.25) is 0 Å². The Morgan fingerprint density at radius 1 is 1.11 bits per heavy atom. The van der Waals surface area contributed by atoms with Crippen LogP contribution >= 0.6 is 11.8 Å². The van der Waals surface area contributed by atoms with Crippen LogP contribution in [0.2, 0.25) is 0 Å². The van der Waals surface area contributed by atoms with Crippen molar-refractivity contribution in [1.82, 2.24) is 19.9 Å². The van der Waals surface area contributed by atoms with Gasteiger partial charge in [0, 0.05) is 55.2 Å². The summed E-state index contributed by atoms with van der Waals surface area (Å²) in [5, 5.41) is 10.9. The number of rotatable bonds is 7. The van der Waals surface area contributed by atoms with Crippen LogP contribution in [0.5, 0.6) is 0 Å². The molecule has 190 valence electrons. The molecule has 0 saturated carbocycles. The summed E-state index contributed by atoms with van der Waals surface area (Å²) < 4.78 is 7.44. The quantitative estimate of drug-likeness (QED) is 0.355. The van der Waals surface area contributed by atoms with E-state index in [1.54, 1.807) is 23.0 Å². The van der Waals surface area contributed by atoms with E-state index in [4.69, 9.17) is 9.72 Å². The van der Waals surface area contributed by atoms with Crippen LogP contribution in [0.15, 0.2) is 71.9 Å². The smallest absolute Gasteiger partial charge is 0.274 e. The number of para-hydroxylation sites is 2. The second kappa shape index (κ2) is 10.9. The molecule has 37 heavy (non-hydrogen) atoms. The molecule has 0 aliphatic carbocycles. The van der Waals surface area contributed by atoms with Crippen LogP contribution in [0.4, 0.5) is 11.4 Å². The van der Waals surface area contributed by atoms with Gasteiger partial charge in [-0.3, -0.25) is 4.79 Å². The number of hydrogen-bond donors (Lipinski definition) is 2. The molecule has 0 bridgehead atoms. The van der Waals surface area contributed by atoms with Gasteiger partial charge in [-0.25, -0.2) is 9.50 Å². The lowest BCUT2D eigenvalue weighted by atomic mass is 10.1. The molecule has 2 saturated heterocycles. The zero-order valence-electron chi connectivity index (χ0n) is 20.6. The van der Waals surface area contributed by atoms with Crippen molar-refractivity contribution in [2.45, 2.75) is 23.8 Å². The predicted molar refractivity (Wildman–Crippen MR) is 148 cm³/mol. The predicted octanol–water partition coefficient (Wildman–Crippen LogP) is 4.33. The molecule has 2 aromatic carbocycles. The molecule has 2 aliphatic heterocycles. The van der Waals surface area contributed by atoms with Crippen molar-refractivity contribution in [1.29, 1.82) is 0 Å². The van der Waals surface area contributed by atoms with Gasteiger partial charge in [-0.2, -0.15) is 5.10 Å². The third-order valence-electron chi connectivity index (χ3n) is 6.84. The van der Waals surface area contributed by atoms with Crippen LogP contribution in [0.1, 0.15) is 23.3 Å². The number of nitrogens with one attached hydrogen (secondary N) is 2. The third kappa shape index (κ3) is 5.34. The highest BCUT2D eigenvalue weighted by atomic mass is 32.2. The number of benzene rings is 2. The second-order valence-corrected chi connectivity index (χ2v) is 10.4. The van der Waals surface area contributed by atoms with Crippen molar-refractivity contribution in [3.8, 4) is 11.1 Å². The third-order valence-corrected chi connectivity index (χ3v) is 7.98. The van der Waals surface area contributed by atoms with E-state index in [2.05, 4.69) is 51.0 Å². The molecule has 2 aliphatic rings. The Bertz CT molecular complexity index is 1380. The van der Waals surface area contributed by atoms with Crippen molar-refractivity contribution < 1.29 is 9.53 Å². The molecular weight excluding hydrogens is 484 g/mol. The normalized spacial score (nSPS) is 17.8. The van der Waals surface area contributed by atoms with E-state index >= 15 is 0 Å². The van der Waals surface area contributed by atoms with Gasteiger partial charge in [-0.15, -0.1) is 11.8 Å². The Morgan fingerprint density at radius 2 is 1.95 bits per heavy atom. The summed E-state index contributed by atoms with van der Waals surface area (Å²) in [6, 6.07) is 18.1. The fraction of sp³-hybridized carbons (Fsp3) is 0.321. The van der Waals surface area contributed by atoms with E-state index in [0.717, 1.165) is 73.9 Å². The molecule has 4 aromatic rings. The van der Waals surface area contributed by atoms with Crippen molar-refractivity contribution in [2.24, 2.45) is 0 Å². The summed E-state index contributed by atoms with van der Waals surface area (Å²) in [5.74, 6) is 0.742. The first-order valence-corrected chi connectivity index (χ1v) is 13.8. The fourth-order valence-corrected chi connectivity index (χ4v) is 5.81. The molecule has 0 radical (unpaired) electrons. The van der Waals surface area contributed by atoms with Gasteiger partial charge in [-0.05, 0) is 48.7 Å². The number of hydrogen-bond acceptors (Lipinski definition) is 7. The van der Waals surface area contributed by atoms with Gasteiger partial charge in [0.05, 0.1) is 23.7 Å². The van der Waals surface area contributed by atoms with Gasteiger partial charge < -0.3 is 20.3 Å². The monoisotopic (exact) mass is 514 g/mol. The SMILES string of the molecule is O=C(Nc1ccccc1N1CCNCC1)c1ccn2ncc(-c3ccc(SCC4CCCO4)cc3)c2n1. The average Bonchev–Trinajstić information content (AvgIpc) is 3.63. The number of anilines is 2. The van der Waals surface area contributed by atoms with E-state index in [0.29, 0.717) is 17.4 Å². The highest BCUT2D eigenvalue weighted by Crippen LogP contribution is 2.29. The number of aromatic nitrogens is 3. The molecule has 8 nitrogen and oxygen atoms in total. The molecule has 0 spiro atoms.